The lowest BCUT2D eigenvalue weighted by Gasteiger charge is -2.10. The number of pyridine rings is 1. The molecule has 3 rings (SSSR count). The molecule has 9 heteroatoms. The molecule has 0 aliphatic rings. The van der Waals surface area contributed by atoms with Gasteiger partial charge in [-0.15, -0.1) is 0 Å². The minimum absolute atomic E-state index is 0.109. The average Bonchev–Trinajstić information content (AvgIpc) is 3.12. The summed E-state index contributed by atoms with van der Waals surface area (Å²) in [4.78, 5) is 17.1. The van der Waals surface area contributed by atoms with E-state index in [-0.39, 0.29) is 16.8 Å². The molecule has 154 valence electrons. The van der Waals surface area contributed by atoms with Crippen LogP contribution in [-0.4, -0.2) is 35.6 Å². The Labute approximate surface area is 170 Å². The number of carbonyl (C=O) groups excluding carboxylic acids is 1. The van der Waals surface area contributed by atoms with Crippen molar-refractivity contribution in [1.29, 1.82) is 0 Å². The van der Waals surface area contributed by atoms with E-state index in [0.717, 1.165) is 18.2 Å². The molecule has 1 amide bonds. The molecule has 0 saturated heterocycles. The van der Waals surface area contributed by atoms with Gasteiger partial charge in [0.1, 0.15) is 0 Å². The van der Waals surface area contributed by atoms with E-state index in [0.29, 0.717) is 23.4 Å². The second-order valence-corrected chi connectivity index (χ2v) is 8.82. The zero-order valence-electron chi connectivity index (χ0n) is 16.7. The highest BCUT2D eigenvalue weighted by atomic mass is 32.2. The number of nitrogens with one attached hydrogen (secondary N) is 2. The number of rotatable bonds is 8. The number of benzene rings is 1. The molecule has 1 aromatic carbocycles. The summed E-state index contributed by atoms with van der Waals surface area (Å²) in [5, 5.41) is 7.80. The molecule has 0 fully saturated rings. The van der Waals surface area contributed by atoms with Crippen molar-refractivity contribution in [1.82, 2.24) is 19.5 Å². The van der Waals surface area contributed by atoms with Gasteiger partial charge in [0.25, 0.3) is 5.91 Å². The monoisotopic (exact) mass is 415 g/mol. The number of nitrogens with zero attached hydrogens (tertiary/aromatic N) is 3. The topological polar surface area (TPSA) is 106 Å². The third-order valence-corrected chi connectivity index (χ3v) is 5.87. The summed E-state index contributed by atoms with van der Waals surface area (Å²) in [6.45, 7) is 6.38. The van der Waals surface area contributed by atoms with Crippen molar-refractivity contribution in [2.75, 3.05) is 11.9 Å². The molecule has 0 unspecified atom stereocenters. The highest BCUT2D eigenvalue weighted by molar-refractivity contribution is 7.89. The molecule has 2 N–H and O–H groups in total. The minimum Gasteiger partial charge on any atom is -0.322 e. The van der Waals surface area contributed by atoms with Crippen LogP contribution in [0, 0.1) is 0 Å². The van der Waals surface area contributed by atoms with Crippen molar-refractivity contribution in [3.63, 3.8) is 0 Å². The third kappa shape index (κ3) is 4.80. The van der Waals surface area contributed by atoms with Crippen LogP contribution in [0.2, 0.25) is 0 Å². The van der Waals surface area contributed by atoms with Crippen LogP contribution in [-0.2, 0) is 10.0 Å². The predicted octanol–water partition coefficient (Wildman–Crippen LogP) is 3.34. The molecule has 0 bridgehead atoms. The average molecular weight is 416 g/mol. The summed E-state index contributed by atoms with van der Waals surface area (Å²) >= 11 is 0. The fourth-order valence-electron chi connectivity index (χ4n) is 2.85. The van der Waals surface area contributed by atoms with Crippen LogP contribution < -0.4 is 10.0 Å². The van der Waals surface area contributed by atoms with Gasteiger partial charge >= 0.3 is 0 Å². The van der Waals surface area contributed by atoms with Gasteiger partial charge in [-0.25, -0.2) is 22.8 Å². The number of amides is 1. The summed E-state index contributed by atoms with van der Waals surface area (Å²) < 4.78 is 29.1. The van der Waals surface area contributed by atoms with E-state index in [9.17, 15) is 13.2 Å². The van der Waals surface area contributed by atoms with E-state index in [4.69, 9.17) is 0 Å². The molecule has 0 atom stereocenters. The lowest BCUT2D eigenvalue weighted by Crippen LogP contribution is -2.24. The van der Waals surface area contributed by atoms with Crippen LogP contribution in [0.3, 0.4) is 0 Å². The van der Waals surface area contributed by atoms with E-state index in [1.165, 1.54) is 18.3 Å². The molecule has 8 nitrogen and oxygen atoms in total. The van der Waals surface area contributed by atoms with Gasteiger partial charge in [0.05, 0.1) is 16.7 Å². The maximum absolute atomic E-state index is 12.6. The normalized spacial score (nSPS) is 11.9. The van der Waals surface area contributed by atoms with Crippen LogP contribution in [0.25, 0.3) is 11.0 Å². The zero-order valence-corrected chi connectivity index (χ0v) is 17.5. The van der Waals surface area contributed by atoms with Crippen molar-refractivity contribution in [2.45, 2.75) is 44.6 Å². The molecule has 0 spiro atoms. The van der Waals surface area contributed by atoms with Gasteiger partial charge in [-0.2, -0.15) is 5.10 Å². The summed E-state index contributed by atoms with van der Waals surface area (Å²) in [6, 6.07) is 8.06. The SMILES string of the molecule is CCCCNS(=O)(=O)c1cccc(NC(=O)c2cnc3c(cnn3C(C)C)c2)c1. The van der Waals surface area contributed by atoms with E-state index < -0.39 is 10.0 Å². The van der Waals surface area contributed by atoms with Gasteiger partial charge in [0, 0.05) is 29.9 Å². The number of fused-ring (bicyclic) bond motifs is 1. The Balaban J connectivity index is 1.78. The molecule has 3 aromatic rings. The fourth-order valence-corrected chi connectivity index (χ4v) is 3.97. The first-order valence-corrected chi connectivity index (χ1v) is 11.0. The van der Waals surface area contributed by atoms with E-state index in [1.54, 1.807) is 29.1 Å². The second-order valence-electron chi connectivity index (χ2n) is 7.05. The highest BCUT2D eigenvalue weighted by Gasteiger charge is 2.16. The number of anilines is 1. The minimum atomic E-state index is -3.61. The van der Waals surface area contributed by atoms with Crippen molar-refractivity contribution < 1.29 is 13.2 Å². The van der Waals surface area contributed by atoms with Crippen LogP contribution in [0.5, 0.6) is 0 Å². The van der Waals surface area contributed by atoms with Crippen LogP contribution in [0.4, 0.5) is 5.69 Å². The zero-order chi connectivity index (χ0) is 21.0. The highest BCUT2D eigenvalue weighted by Crippen LogP contribution is 2.19. The standard InChI is InChI=1S/C20H25N5O3S/c1-4-5-9-23-29(27,28)18-8-6-7-17(11-18)24-20(26)16-10-15-13-22-25(14(2)3)19(15)21-12-16/h6-8,10-14,23H,4-5,9H2,1-3H3,(H,24,26). The number of sulfonamides is 1. The maximum Gasteiger partial charge on any atom is 0.257 e. The molecular weight excluding hydrogens is 390 g/mol. The Hall–Kier alpha value is -2.78. The van der Waals surface area contributed by atoms with Crippen LogP contribution in [0.1, 0.15) is 50.0 Å². The van der Waals surface area contributed by atoms with Crippen molar-refractivity contribution in [3.8, 4) is 0 Å². The molecule has 2 heterocycles. The fraction of sp³-hybridized carbons (Fsp3) is 0.350. The number of unbranched alkanes of at least 4 members (excludes halogenated alkanes) is 1. The Bertz CT molecular complexity index is 1120. The van der Waals surface area contributed by atoms with Crippen LogP contribution >= 0.6 is 0 Å². The van der Waals surface area contributed by atoms with Gasteiger partial charge in [-0.05, 0) is 44.5 Å². The van der Waals surface area contributed by atoms with Gasteiger partial charge in [0.2, 0.25) is 10.0 Å². The largest absolute Gasteiger partial charge is 0.322 e. The predicted molar refractivity (Wildman–Crippen MR) is 112 cm³/mol. The van der Waals surface area contributed by atoms with Gasteiger partial charge in [-0.3, -0.25) is 4.79 Å². The molecule has 0 aliphatic carbocycles. The van der Waals surface area contributed by atoms with Gasteiger partial charge < -0.3 is 5.32 Å². The molecule has 0 aliphatic heterocycles. The van der Waals surface area contributed by atoms with Crippen molar-refractivity contribution in [2.24, 2.45) is 0 Å². The summed E-state index contributed by atoms with van der Waals surface area (Å²) in [5.41, 5.74) is 1.48. The lowest BCUT2D eigenvalue weighted by molar-refractivity contribution is 0.102. The third-order valence-electron chi connectivity index (χ3n) is 4.41. The molecule has 2 aromatic heterocycles. The molecule has 29 heavy (non-hydrogen) atoms. The first-order valence-electron chi connectivity index (χ1n) is 9.56. The van der Waals surface area contributed by atoms with E-state index in [1.807, 2.05) is 20.8 Å². The number of hydrogen-bond acceptors (Lipinski definition) is 5. The first kappa shape index (κ1) is 20.9. The Morgan fingerprint density at radius 3 is 2.72 bits per heavy atom. The number of carbonyl (C=O) groups is 1. The van der Waals surface area contributed by atoms with Crippen molar-refractivity contribution >= 4 is 32.7 Å². The first-order chi connectivity index (χ1) is 13.8. The quantitative estimate of drug-likeness (QED) is 0.549. The van der Waals surface area contributed by atoms with E-state index in [2.05, 4.69) is 20.1 Å². The molecular formula is C20H25N5O3S. The Kier molecular flexibility index (Phi) is 6.29. The maximum atomic E-state index is 12.6. The van der Waals surface area contributed by atoms with Gasteiger partial charge in [-0.1, -0.05) is 19.4 Å². The smallest absolute Gasteiger partial charge is 0.257 e. The summed E-state index contributed by atoms with van der Waals surface area (Å²) in [5.74, 6) is -0.370. The molecule has 0 saturated carbocycles. The van der Waals surface area contributed by atoms with E-state index >= 15 is 0 Å². The number of aromatic nitrogens is 3. The Morgan fingerprint density at radius 2 is 2.00 bits per heavy atom. The van der Waals surface area contributed by atoms with Crippen molar-refractivity contribution in [3.05, 3.63) is 48.3 Å². The summed E-state index contributed by atoms with van der Waals surface area (Å²) in [7, 11) is -3.61. The Morgan fingerprint density at radius 1 is 1.21 bits per heavy atom. The second kappa shape index (κ2) is 8.71. The van der Waals surface area contributed by atoms with Gasteiger partial charge in [0.15, 0.2) is 5.65 Å². The lowest BCUT2D eigenvalue weighted by atomic mass is 10.2. The van der Waals surface area contributed by atoms with Crippen LogP contribution in [0.15, 0.2) is 47.6 Å². The number of hydrogen-bond donors (Lipinski definition) is 2. The molecule has 0 radical (unpaired) electrons. The summed E-state index contributed by atoms with van der Waals surface area (Å²) in [6.07, 6.45) is 4.82.